The van der Waals surface area contributed by atoms with Gasteiger partial charge in [-0.15, -0.1) is 0 Å². The molecule has 0 spiro atoms. The first-order valence-electron chi connectivity index (χ1n) is 13.2. The first-order valence-corrected chi connectivity index (χ1v) is 13.2. The van der Waals surface area contributed by atoms with Crippen LogP contribution in [0.4, 0.5) is 24.5 Å². The van der Waals surface area contributed by atoms with Crippen molar-refractivity contribution in [2.45, 2.75) is 32.5 Å². The summed E-state index contributed by atoms with van der Waals surface area (Å²) in [5.41, 5.74) is 5.88. The molecule has 9 heteroatoms. The Morgan fingerprint density at radius 2 is 1.57 bits per heavy atom. The number of nitrogens with one attached hydrogen (secondary N) is 2. The van der Waals surface area contributed by atoms with Crippen LogP contribution in [0.2, 0.25) is 0 Å². The fourth-order valence-electron chi connectivity index (χ4n) is 5.01. The van der Waals surface area contributed by atoms with Gasteiger partial charge in [0.05, 0.1) is 5.56 Å². The van der Waals surface area contributed by atoms with Gasteiger partial charge < -0.3 is 20.3 Å². The molecule has 0 saturated carbocycles. The summed E-state index contributed by atoms with van der Waals surface area (Å²) in [6.07, 6.45) is -1.09. The average Bonchev–Trinajstić information content (AvgIpc) is 3.29. The van der Waals surface area contributed by atoms with E-state index in [-0.39, 0.29) is 6.42 Å². The Balaban J connectivity index is 1.43. The van der Waals surface area contributed by atoms with Crippen LogP contribution in [0.15, 0.2) is 97.1 Å². The molecule has 0 fully saturated rings. The number of carbonyl (C=O) groups excluding carboxylic acids is 2. The predicted octanol–water partition coefficient (Wildman–Crippen LogP) is 6.60. The summed E-state index contributed by atoms with van der Waals surface area (Å²) in [6.45, 7) is 4.02. The fraction of sp³-hybridized carbons (Fsp3) is 0.152. The van der Waals surface area contributed by atoms with E-state index in [0.717, 1.165) is 34.8 Å². The Labute approximate surface area is 240 Å². The Morgan fingerprint density at radius 1 is 0.952 bits per heavy atom. The summed E-state index contributed by atoms with van der Waals surface area (Å²) in [4.78, 5) is 24.6. The molecule has 42 heavy (non-hydrogen) atoms. The number of hydrogen-bond acceptors (Lipinski definition) is 3. The molecule has 1 unspecified atom stereocenters. The van der Waals surface area contributed by atoms with Gasteiger partial charge >= 0.3 is 6.18 Å². The molecule has 0 aliphatic carbocycles. The van der Waals surface area contributed by atoms with Crippen molar-refractivity contribution in [2.75, 3.05) is 10.6 Å². The molecule has 3 N–H and O–H groups in total. The molecule has 0 saturated heterocycles. The number of aromatic nitrogens is 1. The minimum atomic E-state index is -4.45. The average molecular weight is 572 g/mol. The topological polar surface area (TPSA) is 83.4 Å². The molecule has 1 aliphatic heterocycles. The van der Waals surface area contributed by atoms with Crippen LogP contribution in [-0.4, -0.2) is 27.6 Å². The zero-order valence-electron chi connectivity index (χ0n) is 22.9. The van der Waals surface area contributed by atoms with E-state index in [9.17, 15) is 27.9 Å². The van der Waals surface area contributed by atoms with E-state index in [1.807, 2.05) is 50.2 Å². The number of rotatable bonds is 6. The van der Waals surface area contributed by atoms with Crippen LogP contribution in [0.1, 0.15) is 33.6 Å². The molecule has 4 aromatic rings. The van der Waals surface area contributed by atoms with Gasteiger partial charge in [-0.2, -0.15) is 13.2 Å². The van der Waals surface area contributed by atoms with E-state index in [4.69, 9.17) is 0 Å². The van der Waals surface area contributed by atoms with Crippen molar-refractivity contribution in [3.63, 3.8) is 0 Å². The number of fused-ring (bicyclic) bond motifs is 1. The molecule has 214 valence electrons. The largest absolute Gasteiger partial charge is 0.416 e. The molecule has 0 bridgehead atoms. The lowest BCUT2D eigenvalue weighted by Crippen LogP contribution is -2.34. The van der Waals surface area contributed by atoms with E-state index < -0.39 is 29.7 Å². The molecule has 6 nitrogen and oxygen atoms in total. The van der Waals surface area contributed by atoms with Gasteiger partial charge in [-0.1, -0.05) is 42.5 Å². The SMILES string of the molecule is Cc1ccc(C)n1-c1ccc(/C(=C\C=C\C(=O)Nc2cccc3c2CC(O)C(=O)N3)c2ccc(C(F)(F)F)cc2)cc1. The van der Waals surface area contributed by atoms with Crippen LogP contribution >= 0.6 is 0 Å². The lowest BCUT2D eigenvalue weighted by atomic mass is 9.96. The third kappa shape index (κ3) is 6.06. The Morgan fingerprint density at radius 3 is 2.19 bits per heavy atom. The standard InChI is InChI=1S/C33H28F3N3O3/c1-20-9-10-21(2)39(20)25-17-13-23(14-18-25)26(22-11-15-24(16-12-22)33(34,35)36)5-3-8-31(41)37-28-6-4-7-29-27(28)19-30(40)32(42)38-29/h3-18,30,40H,19H2,1-2H3,(H,37,41)(H,38,42)/b8-3+,26-5-. The van der Waals surface area contributed by atoms with Gasteiger partial charge in [0.2, 0.25) is 5.91 Å². The number of halogens is 3. The van der Waals surface area contributed by atoms with Crippen LogP contribution < -0.4 is 10.6 Å². The number of alkyl halides is 3. The second-order valence-corrected chi connectivity index (χ2v) is 10.0. The highest BCUT2D eigenvalue weighted by Crippen LogP contribution is 2.32. The Hall–Kier alpha value is -4.89. The number of aliphatic hydroxyl groups excluding tert-OH is 1. The Kier molecular flexibility index (Phi) is 7.87. The number of anilines is 2. The maximum atomic E-state index is 13.2. The number of benzene rings is 3. The molecule has 1 aliphatic rings. The molecule has 1 atom stereocenters. The van der Waals surface area contributed by atoms with E-state index in [0.29, 0.717) is 28.1 Å². The van der Waals surface area contributed by atoms with Crippen molar-refractivity contribution in [1.82, 2.24) is 4.57 Å². The molecular formula is C33H28F3N3O3. The summed E-state index contributed by atoms with van der Waals surface area (Å²) in [6, 6.07) is 21.6. The summed E-state index contributed by atoms with van der Waals surface area (Å²) in [5.74, 6) is -0.954. The van der Waals surface area contributed by atoms with Gasteiger partial charge in [0.15, 0.2) is 0 Å². The minimum absolute atomic E-state index is 0.0668. The predicted molar refractivity (Wildman–Crippen MR) is 156 cm³/mol. The number of amides is 2. The monoisotopic (exact) mass is 571 g/mol. The highest BCUT2D eigenvalue weighted by Gasteiger charge is 2.30. The van der Waals surface area contributed by atoms with Crippen LogP contribution in [-0.2, 0) is 22.2 Å². The van der Waals surface area contributed by atoms with Gasteiger partial charge in [0.1, 0.15) is 6.10 Å². The van der Waals surface area contributed by atoms with Crippen molar-refractivity contribution in [3.05, 3.63) is 131 Å². The summed E-state index contributed by atoms with van der Waals surface area (Å²) < 4.78 is 41.7. The van der Waals surface area contributed by atoms with E-state index in [1.165, 1.54) is 24.3 Å². The summed E-state index contributed by atoms with van der Waals surface area (Å²) in [5, 5.41) is 15.3. The van der Waals surface area contributed by atoms with E-state index in [2.05, 4.69) is 15.2 Å². The van der Waals surface area contributed by atoms with Gasteiger partial charge in [-0.25, -0.2) is 0 Å². The quantitative estimate of drug-likeness (QED) is 0.180. The number of carbonyl (C=O) groups is 2. The Bertz CT molecular complexity index is 1680. The molecule has 2 heterocycles. The molecule has 5 rings (SSSR count). The van der Waals surface area contributed by atoms with Crippen molar-refractivity contribution in [1.29, 1.82) is 0 Å². The van der Waals surface area contributed by atoms with Crippen LogP contribution in [0, 0.1) is 13.8 Å². The lowest BCUT2D eigenvalue weighted by molar-refractivity contribution is -0.137. The second-order valence-electron chi connectivity index (χ2n) is 10.0. The molecule has 3 aromatic carbocycles. The smallest absolute Gasteiger partial charge is 0.383 e. The highest BCUT2D eigenvalue weighted by atomic mass is 19.4. The number of aryl methyl sites for hydroxylation is 2. The zero-order chi connectivity index (χ0) is 30.0. The first kappa shape index (κ1) is 28.6. The van der Waals surface area contributed by atoms with Crippen molar-refractivity contribution in [2.24, 2.45) is 0 Å². The second kappa shape index (κ2) is 11.5. The van der Waals surface area contributed by atoms with Crippen LogP contribution in [0.5, 0.6) is 0 Å². The first-order chi connectivity index (χ1) is 20.0. The maximum Gasteiger partial charge on any atom is 0.416 e. The lowest BCUT2D eigenvalue weighted by Gasteiger charge is -2.23. The van der Waals surface area contributed by atoms with Gasteiger partial charge in [0.25, 0.3) is 5.91 Å². The van der Waals surface area contributed by atoms with Crippen LogP contribution in [0.25, 0.3) is 11.3 Å². The normalized spacial score (nSPS) is 15.4. The van der Waals surface area contributed by atoms with Gasteiger partial charge in [0, 0.05) is 46.5 Å². The molecule has 1 aromatic heterocycles. The molecule has 2 amide bonds. The highest BCUT2D eigenvalue weighted by molar-refractivity contribution is 6.03. The van der Waals surface area contributed by atoms with Crippen molar-refractivity contribution < 1.29 is 27.9 Å². The number of aliphatic hydroxyl groups is 1. The van der Waals surface area contributed by atoms with Crippen molar-refractivity contribution in [3.8, 4) is 5.69 Å². The van der Waals surface area contributed by atoms with Crippen LogP contribution in [0.3, 0.4) is 0 Å². The molecular weight excluding hydrogens is 543 g/mol. The number of hydrogen-bond donors (Lipinski definition) is 3. The minimum Gasteiger partial charge on any atom is -0.383 e. The third-order valence-corrected chi connectivity index (χ3v) is 7.13. The van der Waals surface area contributed by atoms with Crippen molar-refractivity contribution >= 4 is 28.8 Å². The fourth-order valence-corrected chi connectivity index (χ4v) is 5.01. The maximum absolute atomic E-state index is 13.2. The summed E-state index contributed by atoms with van der Waals surface area (Å²) in [7, 11) is 0. The van der Waals surface area contributed by atoms with E-state index in [1.54, 1.807) is 24.3 Å². The summed E-state index contributed by atoms with van der Waals surface area (Å²) >= 11 is 0. The van der Waals surface area contributed by atoms with Gasteiger partial charge in [-0.05, 0) is 79.1 Å². The van der Waals surface area contributed by atoms with Gasteiger partial charge in [-0.3, -0.25) is 9.59 Å². The number of nitrogens with zero attached hydrogens (tertiary/aromatic N) is 1. The third-order valence-electron chi connectivity index (χ3n) is 7.13. The van der Waals surface area contributed by atoms with E-state index >= 15 is 0 Å². The number of allylic oxidation sites excluding steroid dienone is 2. The molecule has 0 radical (unpaired) electrons. The zero-order valence-corrected chi connectivity index (χ0v) is 22.9.